The first-order valence-corrected chi connectivity index (χ1v) is 8.24. The SMILES string of the molecule is O=C(Cc1n[nH]c(=O)c2ccccc12)N1CCc2cc(F)c(F)cc2C1. The Labute approximate surface area is 147 Å². The van der Waals surface area contributed by atoms with Crippen molar-refractivity contribution in [2.75, 3.05) is 6.54 Å². The molecule has 0 radical (unpaired) electrons. The normalized spacial score (nSPS) is 13.7. The molecule has 0 atom stereocenters. The molecule has 1 amide bonds. The van der Waals surface area contributed by atoms with Crippen molar-refractivity contribution in [3.05, 3.63) is 75.2 Å². The van der Waals surface area contributed by atoms with Gasteiger partial charge in [-0.25, -0.2) is 13.9 Å². The molecule has 0 fully saturated rings. The number of hydrogen-bond donors (Lipinski definition) is 1. The van der Waals surface area contributed by atoms with Gasteiger partial charge in [-0.2, -0.15) is 5.10 Å². The number of halogens is 2. The highest BCUT2D eigenvalue weighted by Crippen LogP contribution is 2.23. The first kappa shape index (κ1) is 16.4. The molecular weight excluding hydrogens is 340 g/mol. The van der Waals surface area contributed by atoms with E-state index in [1.807, 2.05) is 0 Å². The van der Waals surface area contributed by atoms with Gasteiger partial charge in [0.1, 0.15) is 0 Å². The lowest BCUT2D eigenvalue weighted by Gasteiger charge is -2.29. The molecule has 2 heterocycles. The Morgan fingerprint density at radius 3 is 2.58 bits per heavy atom. The third-order valence-corrected chi connectivity index (χ3v) is 4.70. The Balaban J connectivity index is 1.59. The number of carbonyl (C=O) groups is 1. The molecule has 132 valence electrons. The van der Waals surface area contributed by atoms with Crippen LogP contribution in [0.3, 0.4) is 0 Å². The zero-order chi connectivity index (χ0) is 18.3. The number of hydrogen-bond acceptors (Lipinski definition) is 3. The fourth-order valence-corrected chi connectivity index (χ4v) is 3.32. The van der Waals surface area contributed by atoms with Crippen LogP contribution in [-0.2, 0) is 24.2 Å². The minimum absolute atomic E-state index is 0.0241. The first-order chi connectivity index (χ1) is 12.5. The predicted octanol–water partition coefficient (Wildman–Crippen LogP) is 2.33. The molecule has 7 heteroatoms. The summed E-state index contributed by atoms with van der Waals surface area (Å²) < 4.78 is 26.8. The lowest BCUT2D eigenvalue weighted by molar-refractivity contribution is -0.131. The highest BCUT2D eigenvalue weighted by Gasteiger charge is 2.23. The standard InChI is InChI=1S/C19H15F2N3O2/c20-15-7-11-5-6-24(10-12(11)8-16(15)21)18(25)9-17-13-3-1-2-4-14(13)19(26)23-22-17/h1-4,7-8H,5-6,9-10H2,(H,23,26). The second-order valence-electron chi connectivity index (χ2n) is 6.32. The second-order valence-corrected chi connectivity index (χ2v) is 6.32. The van der Waals surface area contributed by atoms with Crippen LogP contribution in [0.25, 0.3) is 10.8 Å². The lowest BCUT2D eigenvalue weighted by Crippen LogP contribution is -2.37. The molecule has 0 spiro atoms. The second kappa shape index (κ2) is 6.33. The van der Waals surface area contributed by atoms with Crippen LogP contribution in [0.5, 0.6) is 0 Å². The van der Waals surface area contributed by atoms with Crippen molar-refractivity contribution in [2.45, 2.75) is 19.4 Å². The van der Waals surface area contributed by atoms with Crippen LogP contribution in [0.1, 0.15) is 16.8 Å². The fourth-order valence-electron chi connectivity index (χ4n) is 3.32. The lowest BCUT2D eigenvalue weighted by atomic mass is 9.98. The first-order valence-electron chi connectivity index (χ1n) is 8.24. The van der Waals surface area contributed by atoms with Gasteiger partial charge in [0.15, 0.2) is 11.6 Å². The van der Waals surface area contributed by atoms with Gasteiger partial charge in [-0.15, -0.1) is 0 Å². The number of amides is 1. The van der Waals surface area contributed by atoms with Gasteiger partial charge in [-0.3, -0.25) is 9.59 Å². The average molecular weight is 355 g/mol. The molecule has 0 aliphatic carbocycles. The van der Waals surface area contributed by atoms with Gasteiger partial charge < -0.3 is 4.90 Å². The van der Waals surface area contributed by atoms with Gasteiger partial charge in [0.2, 0.25) is 5.91 Å². The monoisotopic (exact) mass is 355 g/mol. The van der Waals surface area contributed by atoms with Gasteiger partial charge in [0, 0.05) is 18.5 Å². The third-order valence-electron chi connectivity index (χ3n) is 4.70. The van der Waals surface area contributed by atoms with Crippen LogP contribution in [0.15, 0.2) is 41.2 Å². The fraction of sp³-hybridized carbons (Fsp3) is 0.211. The van der Waals surface area contributed by atoms with Crippen molar-refractivity contribution in [1.29, 1.82) is 0 Å². The zero-order valence-corrected chi connectivity index (χ0v) is 13.8. The van der Waals surface area contributed by atoms with Crippen molar-refractivity contribution in [3.63, 3.8) is 0 Å². The molecule has 0 saturated heterocycles. The third kappa shape index (κ3) is 2.85. The summed E-state index contributed by atoms with van der Waals surface area (Å²) in [7, 11) is 0. The van der Waals surface area contributed by atoms with Gasteiger partial charge in [-0.05, 0) is 35.7 Å². The van der Waals surface area contributed by atoms with Crippen molar-refractivity contribution >= 4 is 16.7 Å². The van der Waals surface area contributed by atoms with Crippen LogP contribution in [0.4, 0.5) is 8.78 Å². The smallest absolute Gasteiger partial charge is 0.272 e. The molecule has 0 bridgehead atoms. The number of aromatic nitrogens is 2. The summed E-state index contributed by atoms with van der Waals surface area (Å²) in [6.45, 7) is 0.658. The van der Waals surface area contributed by atoms with E-state index in [0.717, 1.165) is 11.6 Å². The Morgan fingerprint density at radius 2 is 1.81 bits per heavy atom. The zero-order valence-electron chi connectivity index (χ0n) is 13.8. The van der Waals surface area contributed by atoms with Gasteiger partial charge in [0.25, 0.3) is 5.56 Å². The summed E-state index contributed by atoms with van der Waals surface area (Å²) in [5.74, 6) is -1.95. The summed E-state index contributed by atoms with van der Waals surface area (Å²) in [5, 5.41) is 7.54. The minimum Gasteiger partial charge on any atom is -0.338 e. The maximum atomic E-state index is 13.5. The van der Waals surface area contributed by atoms with E-state index in [4.69, 9.17) is 0 Å². The summed E-state index contributed by atoms with van der Waals surface area (Å²) in [6.07, 6.45) is 0.494. The summed E-state index contributed by atoms with van der Waals surface area (Å²) in [6, 6.07) is 9.31. The molecule has 1 aromatic heterocycles. The van der Waals surface area contributed by atoms with Crippen molar-refractivity contribution in [1.82, 2.24) is 15.1 Å². The minimum atomic E-state index is -0.911. The molecule has 0 saturated carbocycles. The van der Waals surface area contributed by atoms with Crippen molar-refractivity contribution < 1.29 is 13.6 Å². The molecule has 1 aliphatic rings. The predicted molar refractivity (Wildman–Crippen MR) is 91.5 cm³/mol. The molecule has 26 heavy (non-hydrogen) atoms. The average Bonchev–Trinajstić information content (AvgIpc) is 2.65. The Kier molecular flexibility index (Phi) is 3.99. The van der Waals surface area contributed by atoms with Crippen molar-refractivity contribution in [3.8, 4) is 0 Å². The van der Waals surface area contributed by atoms with Crippen LogP contribution < -0.4 is 5.56 Å². The van der Waals surface area contributed by atoms with Crippen LogP contribution in [0.2, 0.25) is 0 Å². The largest absolute Gasteiger partial charge is 0.338 e. The number of carbonyl (C=O) groups excluding carboxylic acids is 1. The van der Waals surface area contributed by atoms with E-state index in [-0.39, 0.29) is 24.4 Å². The number of benzene rings is 2. The highest BCUT2D eigenvalue weighted by atomic mass is 19.2. The van der Waals surface area contributed by atoms with E-state index in [9.17, 15) is 18.4 Å². The molecule has 2 aromatic carbocycles. The molecule has 4 rings (SSSR count). The van der Waals surface area contributed by atoms with E-state index in [1.165, 1.54) is 6.07 Å². The quantitative estimate of drug-likeness (QED) is 0.767. The van der Waals surface area contributed by atoms with Crippen LogP contribution in [-0.4, -0.2) is 27.5 Å². The number of nitrogens with zero attached hydrogens (tertiary/aromatic N) is 2. The molecular formula is C19H15F2N3O2. The Hall–Kier alpha value is -3.09. The van der Waals surface area contributed by atoms with E-state index in [0.29, 0.717) is 35.0 Å². The van der Waals surface area contributed by atoms with E-state index >= 15 is 0 Å². The number of rotatable bonds is 2. The maximum Gasteiger partial charge on any atom is 0.272 e. The van der Waals surface area contributed by atoms with E-state index < -0.39 is 11.6 Å². The molecule has 5 nitrogen and oxygen atoms in total. The van der Waals surface area contributed by atoms with Gasteiger partial charge in [0.05, 0.1) is 17.5 Å². The number of fused-ring (bicyclic) bond motifs is 2. The number of nitrogens with one attached hydrogen (secondary N) is 1. The maximum absolute atomic E-state index is 13.5. The van der Waals surface area contributed by atoms with E-state index in [2.05, 4.69) is 10.2 Å². The topological polar surface area (TPSA) is 66.1 Å². The summed E-state index contributed by atoms with van der Waals surface area (Å²) in [5.41, 5.74) is 1.52. The number of H-pyrrole nitrogens is 1. The van der Waals surface area contributed by atoms with Gasteiger partial charge in [-0.1, -0.05) is 18.2 Å². The highest BCUT2D eigenvalue weighted by molar-refractivity contribution is 5.88. The summed E-state index contributed by atoms with van der Waals surface area (Å²) >= 11 is 0. The molecule has 3 aromatic rings. The molecule has 1 N–H and O–H groups in total. The van der Waals surface area contributed by atoms with Crippen molar-refractivity contribution in [2.24, 2.45) is 0 Å². The number of aromatic amines is 1. The van der Waals surface area contributed by atoms with E-state index in [1.54, 1.807) is 29.2 Å². The summed E-state index contributed by atoms with van der Waals surface area (Å²) in [4.78, 5) is 26.1. The molecule has 0 unspecified atom stereocenters. The van der Waals surface area contributed by atoms with Gasteiger partial charge >= 0.3 is 0 Å². The van der Waals surface area contributed by atoms with Crippen LogP contribution in [0, 0.1) is 11.6 Å². The van der Waals surface area contributed by atoms with Crippen LogP contribution >= 0.6 is 0 Å². The molecule has 1 aliphatic heterocycles. The Bertz CT molecular complexity index is 1080. The Morgan fingerprint density at radius 1 is 1.12 bits per heavy atom.